The smallest absolute Gasteiger partial charge is 0.194 e. The summed E-state index contributed by atoms with van der Waals surface area (Å²) >= 11 is 0. The summed E-state index contributed by atoms with van der Waals surface area (Å²) in [6.45, 7) is 86.5. The molecule has 0 aliphatic heterocycles. The maximum Gasteiger partial charge on any atom is 0.194 e. The van der Waals surface area contributed by atoms with E-state index in [0.717, 1.165) is 94.6 Å². The first kappa shape index (κ1) is 97.6. The molecule has 0 N–H and O–H groups in total. The zero-order valence-electron chi connectivity index (χ0n) is 83.8. The molecule has 0 saturated heterocycles. The minimum Gasteiger partial charge on any atom is -0.289 e. The van der Waals surface area contributed by atoms with E-state index in [1.807, 2.05) is 72.8 Å². The van der Waals surface area contributed by atoms with Crippen LogP contribution in [0.1, 0.15) is 466 Å². The van der Waals surface area contributed by atoms with Crippen LogP contribution in [0.3, 0.4) is 0 Å². The third-order valence-electron chi connectivity index (χ3n) is 25.8. The summed E-state index contributed by atoms with van der Waals surface area (Å²) in [5.41, 5.74) is 28.4. The van der Waals surface area contributed by atoms with Gasteiger partial charge in [0.1, 0.15) is 0 Å². The van der Waals surface area contributed by atoms with Crippen LogP contribution in [0, 0.1) is 0 Å². The van der Waals surface area contributed by atoms with Crippen LogP contribution in [-0.4, -0.2) is 46.3 Å². The number of carbonyl (C=O) groups is 8. The van der Waals surface area contributed by atoms with Crippen molar-refractivity contribution in [2.24, 2.45) is 0 Å². The first-order chi connectivity index (χ1) is 58.3. The third-order valence-corrected chi connectivity index (χ3v) is 25.8. The average molecular weight is 1710 g/mol. The van der Waals surface area contributed by atoms with Crippen molar-refractivity contribution in [1.29, 1.82) is 0 Å². The van der Waals surface area contributed by atoms with Gasteiger partial charge in [0.2, 0.25) is 0 Å². The summed E-state index contributed by atoms with van der Waals surface area (Å²) in [6, 6.07) is 55.0. The lowest BCUT2D eigenvalue weighted by Gasteiger charge is -2.34. The van der Waals surface area contributed by atoms with Crippen molar-refractivity contribution < 1.29 is 38.4 Å². The lowest BCUT2D eigenvalue weighted by Crippen LogP contribution is -2.29. The molecule has 10 aromatic rings. The van der Waals surface area contributed by atoms with Gasteiger partial charge in [-0.1, -0.05) is 341 Å². The fraction of sp³-hybridized carbons (Fsp3) is 0.400. The van der Waals surface area contributed by atoms with Crippen molar-refractivity contribution >= 4 is 57.4 Å². The van der Waals surface area contributed by atoms with Crippen LogP contribution in [0.4, 0.5) is 0 Å². The van der Waals surface area contributed by atoms with Gasteiger partial charge in [-0.25, -0.2) is 0 Å². The van der Waals surface area contributed by atoms with Gasteiger partial charge >= 0.3 is 0 Å². The highest BCUT2D eigenvalue weighted by Gasteiger charge is 2.41. The van der Waals surface area contributed by atoms with Gasteiger partial charge in [-0.2, -0.15) is 0 Å². The minimum absolute atomic E-state index is 0.00264. The second-order valence-corrected chi connectivity index (χ2v) is 48.5. The SMILES string of the molecule is C=C1c2ccc(C(C)(C)C)cc2C(=O)c2cc(C(C)(C)C)c(C(C)(C)C)cc21.C=C1c2ccc(C(C)(C)C)cc2C(=O)c2cc(C(C)(C)C)ccc21.CC(C)(C)c1cc2c(cc1C(C)(C)C)C(=O)c1cc(C(C)(C)C)c(C(C)(C)C)cc1C2=O.CC(C)(C)c1ccc2c(c1)C(=O)c1ccc(C(C)(C)C)cc1C2=O.CC(C)(C)c1ccc2c(c1)C(=O)c1ccccc1C2=O. The summed E-state index contributed by atoms with van der Waals surface area (Å²) < 4.78 is 0. The van der Waals surface area contributed by atoms with Crippen molar-refractivity contribution in [1.82, 2.24) is 0 Å². The molecule has 0 saturated carbocycles. The van der Waals surface area contributed by atoms with Crippen molar-refractivity contribution in [2.45, 2.75) is 314 Å². The molecule has 668 valence electrons. The second-order valence-electron chi connectivity index (χ2n) is 48.5. The molecule has 0 atom stereocenters. The number of hydrogen-bond acceptors (Lipinski definition) is 8. The first-order valence-electron chi connectivity index (χ1n) is 45.6. The highest BCUT2D eigenvalue weighted by molar-refractivity contribution is 6.31. The predicted molar refractivity (Wildman–Crippen MR) is 533 cm³/mol. The first-order valence-corrected chi connectivity index (χ1v) is 45.6. The molecule has 8 nitrogen and oxygen atoms in total. The van der Waals surface area contributed by atoms with Crippen molar-refractivity contribution in [3.63, 3.8) is 0 Å². The number of ketones is 8. The number of rotatable bonds is 0. The maximum atomic E-state index is 13.8. The molecule has 0 radical (unpaired) electrons. The van der Waals surface area contributed by atoms with E-state index in [0.29, 0.717) is 66.8 Å². The van der Waals surface area contributed by atoms with Crippen LogP contribution in [0.5, 0.6) is 0 Å². The quantitative estimate of drug-likeness (QED) is 0.146. The summed E-state index contributed by atoms with van der Waals surface area (Å²) in [4.78, 5) is 105. The Labute approximate surface area is 766 Å². The number of fused-ring (bicyclic) bond motifs is 10. The van der Waals surface area contributed by atoms with Crippen molar-refractivity contribution in [3.8, 4) is 0 Å². The summed E-state index contributed by atoms with van der Waals surface area (Å²) in [6.07, 6.45) is 0. The minimum atomic E-state index is -0.131. The Morgan fingerprint density at radius 2 is 0.266 bits per heavy atom. The van der Waals surface area contributed by atoms with Gasteiger partial charge in [-0.3, -0.25) is 38.4 Å². The highest BCUT2D eigenvalue weighted by atomic mass is 16.2. The Bertz CT molecular complexity index is 6010. The van der Waals surface area contributed by atoms with E-state index < -0.39 is 0 Å². The molecule has 0 spiro atoms. The van der Waals surface area contributed by atoms with Gasteiger partial charge in [0.05, 0.1) is 0 Å². The van der Waals surface area contributed by atoms with E-state index in [4.69, 9.17) is 0 Å². The fourth-order valence-electron chi connectivity index (χ4n) is 17.6. The fourth-order valence-corrected chi connectivity index (χ4v) is 17.6. The Morgan fingerprint density at radius 1 is 0.141 bits per heavy atom. The molecule has 128 heavy (non-hydrogen) atoms. The van der Waals surface area contributed by atoms with E-state index >= 15 is 0 Å². The largest absolute Gasteiger partial charge is 0.289 e. The molecule has 0 fully saturated rings. The van der Waals surface area contributed by atoms with Crippen LogP contribution < -0.4 is 0 Å². The average Bonchev–Trinajstić information content (AvgIpc) is 0.720. The van der Waals surface area contributed by atoms with Crippen LogP contribution in [0.15, 0.2) is 183 Å². The Kier molecular flexibility index (Phi) is 25.3. The Balaban J connectivity index is 0.000000156. The van der Waals surface area contributed by atoms with Gasteiger partial charge in [0.15, 0.2) is 46.3 Å². The van der Waals surface area contributed by atoms with E-state index in [9.17, 15) is 38.4 Å². The van der Waals surface area contributed by atoms with Crippen molar-refractivity contribution in [3.05, 3.63) is 361 Å². The van der Waals surface area contributed by atoms with Crippen LogP contribution in [0.25, 0.3) is 11.1 Å². The molecule has 0 amide bonds. The molecule has 8 heteroatoms. The second kappa shape index (κ2) is 33.2. The summed E-state index contributed by atoms with van der Waals surface area (Å²) in [5, 5.41) is 0. The van der Waals surface area contributed by atoms with E-state index in [-0.39, 0.29) is 111 Å². The lowest BCUT2D eigenvalue weighted by molar-refractivity contribution is 0.0978. The van der Waals surface area contributed by atoms with Crippen molar-refractivity contribution in [2.75, 3.05) is 0 Å². The Morgan fingerprint density at radius 3 is 0.445 bits per heavy atom. The molecule has 0 heterocycles. The highest BCUT2D eigenvalue weighted by Crippen LogP contribution is 2.48. The zero-order chi connectivity index (χ0) is 96.0. The normalized spacial score (nSPS) is 14.6. The van der Waals surface area contributed by atoms with E-state index in [2.05, 4.69) is 329 Å². The molecule has 10 aromatic carbocycles. The van der Waals surface area contributed by atoms with Gasteiger partial charge < -0.3 is 0 Å². The predicted octanol–water partition coefficient (Wildman–Crippen LogP) is 29.5. The topological polar surface area (TPSA) is 137 Å². The van der Waals surface area contributed by atoms with Crippen LogP contribution in [-0.2, 0) is 65.0 Å². The molecule has 0 bridgehead atoms. The molecule has 5 aliphatic rings. The molecule has 0 aromatic heterocycles. The van der Waals surface area contributed by atoms with E-state index in [1.165, 1.54) is 27.8 Å². The molecule has 0 unspecified atom stereocenters. The van der Waals surface area contributed by atoms with E-state index in [1.54, 1.807) is 30.3 Å². The summed E-state index contributed by atoms with van der Waals surface area (Å²) in [5.74, 6) is -0.0497. The molecular weight excluding hydrogens is 1570 g/mol. The lowest BCUT2D eigenvalue weighted by atomic mass is 9.69. The van der Waals surface area contributed by atoms with Crippen LogP contribution >= 0.6 is 0 Å². The standard InChI is InChI=1S/C30H40O2.C27H34O.C23H26O.C22H24O2.C18H16O2/c1-27(2,3)21-13-17-18(14-22(21)28(4,5)6)26(32)20-16-24(30(10,11)12)23(29(7,8)9)15-19(20)25(17)31;1-16-18-12-11-17(25(2,3)4)13-20(18)24(28)21-15-23(27(8,9)10)22(14-19(16)21)26(5,6)7;1-14-17-10-8-15(22(2,3)4)12-19(17)21(24)20-13-16(23(5,6)7)9-11-18(14)20;1-21(2,3)13-7-9-15-17(11-13)19(23)16-10-8-14(22(4,5)6)12-18(16)20(15)24;1-18(2,3)11-8-9-14-15(10-11)17(20)13-7-5-4-6-12(13)16(14)19/h13-16H,1-12H3;11-15H,1H2,2-10H3;8-13H,1H2,2-7H3;7-12H,1-6H3;4-10H,1-3H3. The van der Waals surface area contributed by atoms with Crippen LogP contribution in [0.2, 0.25) is 0 Å². The summed E-state index contributed by atoms with van der Waals surface area (Å²) in [7, 11) is 0. The van der Waals surface area contributed by atoms with Gasteiger partial charge in [0.25, 0.3) is 0 Å². The van der Waals surface area contributed by atoms with Gasteiger partial charge in [-0.05, 0) is 256 Å². The molecule has 15 rings (SSSR count). The van der Waals surface area contributed by atoms with Gasteiger partial charge in [-0.15, -0.1) is 0 Å². The number of benzene rings is 10. The Hall–Kier alpha value is -11.0. The zero-order valence-corrected chi connectivity index (χ0v) is 83.8. The third kappa shape index (κ3) is 19.4. The number of carbonyl (C=O) groups excluding carboxylic acids is 8. The van der Waals surface area contributed by atoms with Gasteiger partial charge in [0, 0.05) is 89.0 Å². The molecule has 5 aliphatic carbocycles. The molecular formula is C120H140O8. The monoisotopic (exact) mass is 1710 g/mol. The number of hydrogen-bond donors (Lipinski definition) is 0. The maximum absolute atomic E-state index is 13.8.